The van der Waals surface area contributed by atoms with E-state index in [2.05, 4.69) is 0 Å². The Kier molecular flexibility index (Phi) is 1.99. The Hall–Kier alpha value is -1.59. The second kappa shape index (κ2) is 2.80. The van der Waals surface area contributed by atoms with Crippen molar-refractivity contribution in [2.45, 2.75) is 12.5 Å². The minimum atomic E-state index is -1.37. The number of Topliss-reactive ketones (excluding diaryl/α,β-unsaturated/α-hetero) is 1. The van der Waals surface area contributed by atoms with Gasteiger partial charge in [-0.1, -0.05) is 0 Å². The number of likely N-dealkylation sites (tertiary alicyclic amines) is 1. The topological polar surface area (TPSA) is 94.9 Å². The number of ketones is 1. The molecule has 1 saturated heterocycles. The molecule has 1 heterocycles. The second-order valence-electron chi connectivity index (χ2n) is 2.51. The molecule has 1 aliphatic rings. The Labute approximate surface area is 67.4 Å². The van der Waals surface area contributed by atoms with Crippen molar-refractivity contribution in [2.75, 3.05) is 6.54 Å². The lowest BCUT2D eigenvalue weighted by atomic mass is 10.2. The van der Waals surface area contributed by atoms with Gasteiger partial charge in [-0.15, -0.1) is 0 Å². The average molecular weight is 173 g/mol. The molecule has 6 nitrogen and oxygen atoms in total. The number of hydrogen-bond donors (Lipinski definition) is 2. The molecule has 1 rings (SSSR count). The first-order chi connectivity index (χ1) is 5.52. The molecule has 0 unspecified atom stereocenters. The zero-order valence-electron chi connectivity index (χ0n) is 6.06. The van der Waals surface area contributed by atoms with Gasteiger partial charge < -0.3 is 10.2 Å². The van der Waals surface area contributed by atoms with Crippen molar-refractivity contribution < 1.29 is 24.6 Å². The third-order valence-electron chi connectivity index (χ3n) is 1.67. The predicted octanol–water partition coefficient (Wildman–Crippen LogP) is -0.608. The second-order valence-corrected chi connectivity index (χ2v) is 2.51. The third-order valence-corrected chi connectivity index (χ3v) is 1.67. The maximum absolute atomic E-state index is 10.7. The van der Waals surface area contributed by atoms with Crippen molar-refractivity contribution in [1.29, 1.82) is 0 Å². The van der Waals surface area contributed by atoms with Crippen LogP contribution in [0, 0.1) is 0 Å². The van der Waals surface area contributed by atoms with Crippen LogP contribution < -0.4 is 0 Å². The Morgan fingerprint density at radius 1 is 1.42 bits per heavy atom. The summed E-state index contributed by atoms with van der Waals surface area (Å²) in [5.74, 6) is -1.63. The zero-order valence-corrected chi connectivity index (χ0v) is 6.06. The van der Waals surface area contributed by atoms with Gasteiger partial charge in [-0.3, -0.25) is 9.69 Å². The van der Waals surface area contributed by atoms with Crippen molar-refractivity contribution in [3.8, 4) is 0 Å². The quantitative estimate of drug-likeness (QED) is 0.551. The van der Waals surface area contributed by atoms with E-state index in [0.29, 0.717) is 4.90 Å². The molecule has 6 heteroatoms. The molecule has 0 aromatic carbocycles. The Morgan fingerprint density at radius 2 is 2.00 bits per heavy atom. The minimum absolute atomic E-state index is 0.221. The first-order valence-corrected chi connectivity index (χ1v) is 3.26. The largest absolute Gasteiger partial charge is 0.480 e. The highest BCUT2D eigenvalue weighted by Gasteiger charge is 2.38. The number of carbonyl (C=O) groups excluding carboxylic acids is 1. The number of carboxylic acids is 1. The normalized spacial score (nSPS) is 22.8. The molecule has 1 aliphatic heterocycles. The molecule has 0 aromatic heterocycles. The van der Waals surface area contributed by atoms with Gasteiger partial charge in [0.1, 0.15) is 6.04 Å². The highest BCUT2D eigenvalue weighted by atomic mass is 16.4. The first kappa shape index (κ1) is 8.51. The fourth-order valence-corrected chi connectivity index (χ4v) is 1.11. The van der Waals surface area contributed by atoms with Crippen molar-refractivity contribution in [3.63, 3.8) is 0 Å². The van der Waals surface area contributed by atoms with Gasteiger partial charge >= 0.3 is 12.1 Å². The van der Waals surface area contributed by atoms with Gasteiger partial charge in [0.05, 0.1) is 6.54 Å². The summed E-state index contributed by atoms with van der Waals surface area (Å²) in [6.45, 7) is -0.313. The van der Waals surface area contributed by atoms with E-state index in [1.165, 1.54) is 0 Å². The van der Waals surface area contributed by atoms with Crippen LogP contribution in [0.4, 0.5) is 4.79 Å². The Morgan fingerprint density at radius 3 is 2.33 bits per heavy atom. The van der Waals surface area contributed by atoms with Crippen molar-refractivity contribution >= 4 is 17.8 Å². The van der Waals surface area contributed by atoms with Gasteiger partial charge in [-0.05, 0) is 0 Å². The monoisotopic (exact) mass is 173 g/mol. The molecule has 0 radical (unpaired) electrons. The number of hydrogen-bond acceptors (Lipinski definition) is 3. The van der Waals surface area contributed by atoms with Gasteiger partial charge in [-0.2, -0.15) is 0 Å². The molecule has 2 N–H and O–H groups in total. The summed E-state index contributed by atoms with van der Waals surface area (Å²) < 4.78 is 0. The fraction of sp³-hybridized carbons (Fsp3) is 0.500. The number of carboxylic acid groups (broad SMARTS) is 2. The molecule has 1 atom stereocenters. The summed E-state index contributed by atoms with van der Waals surface area (Å²) in [6.07, 6.45) is -1.59. The van der Waals surface area contributed by atoms with E-state index in [-0.39, 0.29) is 18.7 Å². The van der Waals surface area contributed by atoms with E-state index in [4.69, 9.17) is 10.2 Å². The van der Waals surface area contributed by atoms with Gasteiger partial charge in [0, 0.05) is 6.42 Å². The van der Waals surface area contributed by atoms with E-state index in [1.807, 2.05) is 0 Å². The SMILES string of the molecule is O=C1C[C@H](C(=O)O)N(C(=O)O)C1. The molecule has 0 aliphatic carbocycles. The van der Waals surface area contributed by atoms with Gasteiger partial charge in [-0.25, -0.2) is 9.59 Å². The minimum Gasteiger partial charge on any atom is -0.480 e. The summed E-state index contributed by atoms with van der Waals surface area (Å²) in [5, 5.41) is 17.0. The van der Waals surface area contributed by atoms with Crippen LogP contribution in [0.3, 0.4) is 0 Å². The number of nitrogens with zero attached hydrogens (tertiary/aromatic N) is 1. The van der Waals surface area contributed by atoms with Crippen LogP contribution in [-0.4, -0.2) is 45.5 Å². The van der Waals surface area contributed by atoms with E-state index in [0.717, 1.165) is 0 Å². The molecule has 66 valence electrons. The summed E-state index contributed by atoms with van der Waals surface area (Å²) >= 11 is 0. The Bertz CT molecular complexity index is 224. The highest BCUT2D eigenvalue weighted by molar-refractivity contribution is 5.94. The van der Waals surface area contributed by atoms with Crippen molar-refractivity contribution in [1.82, 2.24) is 4.90 Å². The fourth-order valence-electron chi connectivity index (χ4n) is 1.11. The van der Waals surface area contributed by atoms with Crippen LogP contribution in [0.1, 0.15) is 6.42 Å². The molecular weight excluding hydrogens is 166 g/mol. The maximum Gasteiger partial charge on any atom is 0.408 e. The molecule has 1 amide bonds. The number of aliphatic carboxylic acids is 1. The maximum atomic E-state index is 10.7. The Balaban J connectivity index is 2.79. The van der Waals surface area contributed by atoms with Crippen molar-refractivity contribution in [2.24, 2.45) is 0 Å². The van der Waals surface area contributed by atoms with Crippen LogP contribution in [0.15, 0.2) is 0 Å². The molecule has 0 saturated carbocycles. The molecule has 0 bridgehead atoms. The van der Waals surface area contributed by atoms with Crippen molar-refractivity contribution in [3.05, 3.63) is 0 Å². The average Bonchev–Trinajstić information content (AvgIpc) is 2.31. The molecule has 1 fully saturated rings. The number of amides is 1. The van der Waals surface area contributed by atoms with Crippen LogP contribution in [0.2, 0.25) is 0 Å². The lowest BCUT2D eigenvalue weighted by Crippen LogP contribution is -2.39. The van der Waals surface area contributed by atoms with E-state index in [1.54, 1.807) is 0 Å². The third kappa shape index (κ3) is 1.36. The lowest BCUT2D eigenvalue weighted by molar-refractivity contribution is -0.141. The predicted molar refractivity (Wildman–Crippen MR) is 35.8 cm³/mol. The van der Waals surface area contributed by atoms with E-state index < -0.39 is 18.1 Å². The van der Waals surface area contributed by atoms with Gasteiger partial charge in [0.2, 0.25) is 0 Å². The van der Waals surface area contributed by atoms with E-state index >= 15 is 0 Å². The molecular formula is C6H7NO5. The summed E-state index contributed by atoms with van der Waals surface area (Å²) in [4.78, 5) is 32.1. The molecule has 12 heavy (non-hydrogen) atoms. The number of rotatable bonds is 1. The molecule has 0 aromatic rings. The number of carbonyl (C=O) groups is 3. The molecule has 0 spiro atoms. The van der Waals surface area contributed by atoms with Crippen LogP contribution in [-0.2, 0) is 9.59 Å². The van der Waals surface area contributed by atoms with Crippen LogP contribution in [0.5, 0.6) is 0 Å². The summed E-state index contributed by atoms with van der Waals surface area (Å²) in [6, 6.07) is -1.20. The summed E-state index contributed by atoms with van der Waals surface area (Å²) in [7, 11) is 0. The van der Waals surface area contributed by atoms with Gasteiger partial charge in [0.15, 0.2) is 5.78 Å². The summed E-state index contributed by atoms with van der Waals surface area (Å²) in [5.41, 5.74) is 0. The lowest BCUT2D eigenvalue weighted by Gasteiger charge is -2.15. The van der Waals surface area contributed by atoms with Crippen LogP contribution in [0.25, 0.3) is 0 Å². The van der Waals surface area contributed by atoms with E-state index in [9.17, 15) is 14.4 Å². The van der Waals surface area contributed by atoms with Gasteiger partial charge in [0.25, 0.3) is 0 Å². The van der Waals surface area contributed by atoms with Crippen LogP contribution >= 0.6 is 0 Å². The first-order valence-electron chi connectivity index (χ1n) is 3.26. The standard InChI is InChI=1S/C6H7NO5/c8-3-1-4(5(9)10)7(2-3)6(11)12/h4H,1-2H2,(H,9,10)(H,11,12)/t4-/m1/s1. The highest BCUT2D eigenvalue weighted by Crippen LogP contribution is 2.14. The zero-order chi connectivity index (χ0) is 9.30. The smallest absolute Gasteiger partial charge is 0.408 e.